The molecule has 1 aromatic heterocycles. The second-order valence-corrected chi connectivity index (χ2v) is 8.02. The van der Waals surface area contributed by atoms with E-state index in [0.29, 0.717) is 28.9 Å². The van der Waals surface area contributed by atoms with Crippen molar-refractivity contribution in [2.75, 3.05) is 5.32 Å². The Balaban J connectivity index is 1.71. The molecule has 0 bridgehead atoms. The Morgan fingerprint density at radius 2 is 1.88 bits per heavy atom. The lowest BCUT2D eigenvalue weighted by Gasteiger charge is -2.10. The lowest BCUT2D eigenvalue weighted by Crippen LogP contribution is -2.13. The van der Waals surface area contributed by atoms with Gasteiger partial charge in [0.2, 0.25) is 0 Å². The zero-order chi connectivity index (χ0) is 22.7. The molecule has 1 amide bonds. The van der Waals surface area contributed by atoms with E-state index in [9.17, 15) is 19.7 Å². The summed E-state index contributed by atoms with van der Waals surface area (Å²) in [6.07, 6.45) is 1.63. The summed E-state index contributed by atoms with van der Waals surface area (Å²) in [4.78, 5) is 35.9. The van der Waals surface area contributed by atoms with E-state index in [4.69, 9.17) is 0 Å². The van der Waals surface area contributed by atoms with Gasteiger partial charge in [-0.3, -0.25) is 24.3 Å². The van der Waals surface area contributed by atoms with Gasteiger partial charge in [-0.1, -0.05) is 53.8 Å². The molecule has 3 aromatic carbocycles. The molecule has 0 atom stereocenters. The van der Waals surface area contributed by atoms with E-state index in [0.717, 1.165) is 21.6 Å². The van der Waals surface area contributed by atoms with Crippen LogP contribution in [0.3, 0.4) is 0 Å². The zero-order valence-corrected chi connectivity index (χ0v) is 18.0. The summed E-state index contributed by atoms with van der Waals surface area (Å²) in [5.41, 5.74) is 2.93. The van der Waals surface area contributed by atoms with Crippen molar-refractivity contribution in [2.45, 2.75) is 13.5 Å². The molecule has 7 nitrogen and oxygen atoms in total. The molecule has 0 unspecified atom stereocenters. The first-order valence-electron chi connectivity index (χ1n) is 9.92. The monoisotopic (exact) mass is 445 g/mol. The number of carbonyl (C=O) groups excluding carboxylic acids is 1. The quantitative estimate of drug-likeness (QED) is 0.192. The number of hydrogen-bond donors (Lipinski definition) is 1. The second-order valence-electron chi connectivity index (χ2n) is 7.02. The highest BCUT2D eigenvalue weighted by atomic mass is 32.1. The fourth-order valence-corrected chi connectivity index (χ4v) is 4.43. The van der Waals surface area contributed by atoms with Crippen molar-refractivity contribution in [3.05, 3.63) is 104 Å². The third-order valence-electron chi connectivity index (χ3n) is 4.96. The van der Waals surface area contributed by atoms with Crippen molar-refractivity contribution in [1.82, 2.24) is 4.57 Å². The Hall–Kier alpha value is -4.04. The smallest absolute Gasteiger partial charge is 0.308 e. The number of fused-ring (bicyclic) bond motifs is 1. The minimum atomic E-state index is -0.470. The molecule has 8 heteroatoms. The van der Waals surface area contributed by atoms with Gasteiger partial charge in [-0.05, 0) is 42.3 Å². The number of hydrogen-bond acceptors (Lipinski definition) is 5. The minimum Gasteiger partial charge on any atom is -0.322 e. The number of nitrogens with one attached hydrogen (secondary N) is 1. The lowest BCUT2D eigenvalue weighted by atomic mass is 10.0. The van der Waals surface area contributed by atoms with Crippen molar-refractivity contribution in [1.29, 1.82) is 0 Å². The van der Waals surface area contributed by atoms with Crippen LogP contribution in [0, 0.1) is 10.1 Å². The van der Waals surface area contributed by atoms with Crippen LogP contribution in [0.1, 0.15) is 18.1 Å². The summed E-state index contributed by atoms with van der Waals surface area (Å²) in [7, 11) is 0. The first-order valence-corrected chi connectivity index (χ1v) is 10.7. The standard InChI is InChI=1S/C24H19N3O4S/c1-2-26-21-12-11-18(15-22(21)32-24(26)29)25-23(28)20(17-8-4-3-5-9-17)14-16-7-6-10-19(13-16)27(30)31/h3-15H,2H2,1H3,(H,25,28)/b20-14+. The van der Waals surface area contributed by atoms with E-state index in [1.165, 1.54) is 12.1 Å². The highest BCUT2D eigenvalue weighted by Gasteiger charge is 2.15. The van der Waals surface area contributed by atoms with Gasteiger partial charge in [-0.2, -0.15) is 0 Å². The Bertz CT molecular complexity index is 1400. The van der Waals surface area contributed by atoms with Crippen LogP contribution in [0.25, 0.3) is 21.9 Å². The van der Waals surface area contributed by atoms with E-state index in [-0.39, 0.29) is 16.5 Å². The van der Waals surface area contributed by atoms with Crippen LogP contribution in [0.5, 0.6) is 0 Å². The van der Waals surface area contributed by atoms with Gasteiger partial charge in [-0.15, -0.1) is 0 Å². The number of amides is 1. The van der Waals surface area contributed by atoms with E-state index in [2.05, 4.69) is 5.32 Å². The van der Waals surface area contributed by atoms with Gasteiger partial charge in [-0.25, -0.2) is 0 Å². The molecule has 0 fully saturated rings. The van der Waals surface area contributed by atoms with Crippen molar-refractivity contribution in [3.8, 4) is 0 Å². The Morgan fingerprint density at radius 1 is 1.09 bits per heavy atom. The van der Waals surface area contributed by atoms with Crippen molar-refractivity contribution < 1.29 is 9.72 Å². The van der Waals surface area contributed by atoms with E-state index in [1.807, 2.05) is 31.2 Å². The third-order valence-corrected chi connectivity index (χ3v) is 5.91. The minimum absolute atomic E-state index is 0.0403. The molecule has 0 radical (unpaired) electrons. The highest BCUT2D eigenvalue weighted by molar-refractivity contribution is 7.16. The molecule has 4 rings (SSSR count). The number of aryl methyl sites for hydroxylation is 1. The van der Waals surface area contributed by atoms with Crippen LogP contribution in [-0.2, 0) is 11.3 Å². The Kier molecular flexibility index (Phi) is 5.96. The van der Waals surface area contributed by atoms with Gasteiger partial charge in [0, 0.05) is 29.9 Å². The number of rotatable bonds is 6. The van der Waals surface area contributed by atoms with Crippen molar-refractivity contribution in [3.63, 3.8) is 0 Å². The maximum absolute atomic E-state index is 13.2. The first-order chi connectivity index (χ1) is 15.5. The summed E-state index contributed by atoms with van der Waals surface area (Å²) >= 11 is 1.13. The Morgan fingerprint density at radius 3 is 2.59 bits per heavy atom. The molecule has 32 heavy (non-hydrogen) atoms. The van der Waals surface area contributed by atoms with Gasteiger partial charge in [0.1, 0.15) is 0 Å². The molecule has 0 aliphatic heterocycles. The number of aromatic nitrogens is 1. The van der Waals surface area contributed by atoms with Crippen LogP contribution in [0.15, 0.2) is 77.6 Å². The van der Waals surface area contributed by atoms with Crippen molar-refractivity contribution >= 4 is 50.5 Å². The summed E-state index contributed by atoms with van der Waals surface area (Å²) in [6, 6.07) is 20.6. The van der Waals surface area contributed by atoms with Crippen LogP contribution >= 0.6 is 11.3 Å². The largest absolute Gasteiger partial charge is 0.322 e. The number of nitro groups is 1. The maximum atomic E-state index is 13.2. The molecule has 0 aliphatic rings. The van der Waals surface area contributed by atoms with Gasteiger partial charge in [0.15, 0.2) is 0 Å². The molecule has 4 aromatic rings. The highest BCUT2D eigenvalue weighted by Crippen LogP contribution is 2.25. The van der Waals surface area contributed by atoms with Gasteiger partial charge in [0.25, 0.3) is 11.6 Å². The number of thiazole rings is 1. The second kappa shape index (κ2) is 8.99. The fourth-order valence-electron chi connectivity index (χ4n) is 3.43. The zero-order valence-electron chi connectivity index (χ0n) is 17.1. The molecule has 160 valence electrons. The van der Waals surface area contributed by atoms with Crippen molar-refractivity contribution in [2.24, 2.45) is 0 Å². The third kappa shape index (κ3) is 4.35. The van der Waals surface area contributed by atoms with Crippen LogP contribution in [0.2, 0.25) is 0 Å². The topological polar surface area (TPSA) is 94.2 Å². The Labute approximate surface area is 187 Å². The number of non-ortho nitro benzene ring substituents is 1. The number of nitrogens with zero attached hydrogens (tertiary/aromatic N) is 2. The number of anilines is 1. The number of benzene rings is 3. The summed E-state index contributed by atoms with van der Waals surface area (Å²) in [5.74, 6) is -0.357. The average Bonchev–Trinajstić information content (AvgIpc) is 3.12. The van der Waals surface area contributed by atoms with Gasteiger partial charge >= 0.3 is 4.87 Å². The molecule has 1 N–H and O–H groups in total. The fraction of sp³-hybridized carbons (Fsp3) is 0.0833. The van der Waals surface area contributed by atoms with E-state index >= 15 is 0 Å². The van der Waals surface area contributed by atoms with Crippen LogP contribution in [-0.4, -0.2) is 15.4 Å². The molecule has 0 saturated carbocycles. The van der Waals surface area contributed by atoms with E-state index in [1.54, 1.807) is 47.0 Å². The molecule has 0 spiro atoms. The summed E-state index contributed by atoms with van der Waals surface area (Å²) in [6.45, 7) is 2.49. The SMILES string of the molecule is CCn1c(=O)sc2cc(NC(=O)/C(=C/c3cccc([N+](=O)[O-])c3)c3ccccc3)ccc21. The van der Waals surface area contributed by atoms with Crippen LogP contribution in [0.4, 0.5) is 11.4 Å². The molecule has 1 heterocycles. The normalized spacial score (nSPS) is 11.5. The summed E-state index contributed by atoms with van der Waals surface area (Å²) in [5, 5.41) is 14.0. The van der Waals surface area contributed by atoms with Gasteiger partial charge < -0.3 is 5.32 Å². The molecular weight excluding hydrogens is 426 g/mol. The predicted octanol–water partition coefficient (Wildman–Crippen LogP) is 5.17. The lowest BCUT2D eigenvalue weighted by molar-refractivity contribution is -0.384. The van der Waals surface area contributed by atoms with E-state index < -0.39 is 4.92 Å². The maximum Gasteiger partial charge on any atom is 0.308 e. The van der Waals surface area contributed by atoms with Gasteiger partial charge in [0.05, 0.1) is 15.1 Å². The predicted molar refractivity (Wildman–Crippen MR) is 128 cm³/mol. The molecular formula is C24H19N3O4S. The number of nitro benzene ring substituents is 1. The first kappa shape index (κ1) is 21.2. The molecule has 0 aliphatic carbocycles. The average molecular weight is 446 g/mol. The number of carbonyl (C=O) groups is 1. The summed E-state index contributed by atoms with van der Waals surface area (Å²) < 4.78 is 2.47. The van der Waals surface area contributed by atoms with Crippen LogP contribution < -0.4 is 10.2 Å². The molecule has 0 saturated heterocycles.